The summed E-state index contributed by atoms with van der Waals surface area (Å²) in [5.74, 6) is 2.23. The van der Waals surface area contributed by atoms with Gasteiger partial charge in [-0.25, -0.2) is 0 Å². The first kappa shape index (κ1) is 20.6. The molecular formula is C24H23NO6. The quantitative estimate of drug-likeness (QED) is 0.552. The Morgan fingerprint density at radius 2 is 1.68 bits per heavy atom. The second-order valence-corrected chi connectivity index (χ2v) is 6.99. The Bertz CT molecular complexity index is 1010. The number of rotatable bonds is 9. The molecule has 2 N–H and O–H groups in total. The smallest absolute Gasteiger partial charge is 0.251 e. The molecule has 3 aromatic rings. The molecule has 31 heavy (non-hydrogen) atoms. The molecule has 4 rings (SSSR count). The van der Waals surface area contributed by atoms with Gasteiger partial charge in [0.15, 0.2) is 11.5 Å². The molecule has 1 unspecified atom stereocenters. The molecule has 0 aromatic heterocycles. The topological polar surface area (TPSA) is 86.3 Å². The minimum Gasteiger partial charge on any atom is -0.491 e. The Balaban J connectivity index is 1.20. The maximum absolute atomic E-state index is 12.3. The minimum atomic E-state index is -0.858. The number of fused-ring (bicyclic) bond motifs is 1. The number of hydrogen-bond donors (Lipinski definition) is 2. The summed E-state index contributed by atoms with van der Waals surface area (Å²) in [5, 5.41) is 12.8. The van der Waals surface area contributed by atoms with Crippen LogP contribution in [0.2, 0.25) is 0 Å². The SMILES string of the molecule is O=C(NCC(O)COc1ccc2c(c1)OCO2)c1ccc(OCc2ccccc2)cc1. The highest BCUT2D eigenvalue weighted by Gasteiger charge is 2.15. The Labute approximate surface area is 180 Å². The predicted molar refractivity (Wildman–Crippen MR) is 114 cm³/mol. The molecule has 0 spiro atoms. The molecule has 1 aliphatic heterocycles. The molecule has 3 aromatic carbocycles. The van der Waals surface area contributed by atoms with E-state index in [1.165, 1.54) is 0 Å². The van der Waals surface area contributed by atoms with Gasteiger partial charge in [-0.2, -0.15) is 0 Å². The maximum Gasteiger partial charge on any atom is 0.251 e. The normalized spacial score (nSPS) is 12.8. The summed E-state index contributed by atoms with van der Waals surface area (Å²) in [5.41, 5.74) is 1.55. The summed E-state index contributed by atoms with van der Waals surface area (Å²) in [7, 11) is 0. The number of carbonyl (C=O) groups excluding carboxylic acids is 1. The molecule has 160 valence electrons. The van der Waals surface area contributed by atoms with Gasteiger partial charge in [0.2, 0.25) is 6.79 Å². The van der Waals surface area contributed by atoms with Crippen LogP contribution in [0.5, 0.6) is 23.0 Å². The molecule has 1 atom stereocenters. The van der Waals surface area contributed by atoms with E-state index >= 15 is 0 Å². The van der Waals surface area contributed by atoms with Crippen molar-refractivity contribution in [1.82, 2.24) is 5.32 Å². The van der Waals surface area contributed by atoms with E-state index in [9.17, 15) is 9.90 Å². The highest BCUT2D eigenvalue weighted by molar-refractivity contribution is 5.94. The Morgan fingerprint density at radius 1 is 0.935 bits per heavy atom. The summed E-state index contributed by atoms with van der Waals surface area (Å²) in [4.78, 5) is 12.3. The highest BCUT2D eigenvalue weighted by Crippen LogP contribution is 2.35. The third-order valence-corrected chi connectivity index (χ3v) is 4.65. The molecule has 0 aliphatic carbocycles. The number of aliphatic hydroxyl groups excluding tert-OH is 1. The minimum absolute atomic E-state index is 0.0339. The van der Waals surface area contributed by atoms with Gasteiger partial charge < -0.3 is 29.4 Å². The van der Waals surface area contributed by atoms with Gasteiger partial charge in [-0.05, 0) is 42.0 Å². The Hall–Kier alpha value is -3.71. The average Bonchev–Trinajstić information content (AvgIpc) is 3.29. The van der Waals surface area contributed by atoms with E-state index in [1.807, 2.05) is 30.3 Å². The van der Waals surface area contributed by atoms with Crippen molar-refractivity contribution in [3.63, 3.8) is 0 Å². The zero-order valence-corrected chi connectivity index (χ0v) is 16.8. The second kappa shape index (κ2) is 9.86. The number of hydrogen-bond acceptors (Lipinski definition) is 6. The van der Waals surface area contributed by atoms with Crippen molar-refractivity contribution < 1.29 is 28.8 Å². The van der Waals surface area contributed by atoms with Crippen molar-refractivity contribution in [2.24, 2.45) is 0 Å². The standard InChI is InChI=1S/C24H23NO6/c26-19(15-29-21-10-11-22-23(12-21)31-16-30-22)13-25-24(27)18-6-8-20(9-7-18)28-14-17-4-2-1-3-5-17/h1-12,19,26H,13-16H2,(H,25,27). The van der Waals surface area contributed by atoms with Gasteiger partial charge in [-0.3, -0.25) is 4.79 Å². The number of aliphatic hydroxyl groups is 1. The number of nitrogens with one attached hydrogen (secondary N) is 1. The van der Waals surface area contributed by atoms with Crippen LogP contribution in [-0.4, -0.2) is 37.1 Å². The van der Waals surface area contributed by atoms with E-state index in [0.717, 1.165) is 5.56 Å². The lowest BCUT2D eigenvalue weighted by atomic mass is 10.2. The van der Waals surface area contributed by atoms with Gasteiger partial charge in [0, 0.05) is 18.2 Å². The lowest BCUT2D eigenvalue weighted by molar-refractivity contribution is 0.0843. The van der Waals surface area contributed by atoms with Crippen LogP contribution in [0.4, 0.5) is 0 Å². The van der Waals surface area contributed by atoms with Crippen LogP contribution in [0.1, 0.15) is 15.9 Å². The fraction of sp³-hybridized carbons (Fsp3) is 0.208. The number of benzene rings is 3. The number of ether oxygens (including phenoxy) is 4. The third-order valence-electron chi connectivity index (χ3n) is 4.65. The van der Waals surface area contributed by atoms with E-state index < -0.39 is 6.10 Å². The van der Waals surface area contributed by atoms with Crippen LogP contribution in [0.15, 0.2) is 72.8 Å². The van der Waals surface area contributed by atoms with Crippen LogP contribution in [0.25, 0.3) is 0 Å². The van der Waals surface area contributed by atoms with Gasteiger partial charge in [0.05, 0.1) is 0 Å². The van der Waals surface area contributed by atoms with Crippen molar-refractivity contribution in [2.45, 2.75) is 12.7 Å². The van der Waals surface area contributed by atoms with Crippen molar-refractivity contribution in [3.05, 3.63) is 83.9 Å². The van der Waals surface area contributed by atoms with Gasteiger partial charge in [-0.15, -0.1) is 0 Å². The zero-order chi connectivity index (χ0) is 21.5. The monoisotopic (exact) mass is 421 g/mol. The molecule has 0 fully saturated rings. The first-order valence-corrected chi connectivity index (χ1v) is 9.93. The fourth-order valence-corrected chi connectivity index (χ4v) is 2.97. The van der Waals surface area contributed by atoms with Crippen molar-refractivity contribution in [1.29, 1.82) is 0 Å². The number of amides is 1. The summed E-state index contributed by atoms with van der Waals surface area (Å²) < 4.78 is 21.8. The van der Waals surface area contributed by atoms with Gasteiger partial charge in [0.1, 0.15) is 30.8 Å². The molecule has 1 heterocycles. The molecule has 1 amide bonds. The van der Waals surface area contributed by atoms with Gasteiger partial charge in [-0.1, -0.05) is 30.3 Å². The fourth-order valence-electron chi connectivity index (χ4n) is 2.97. The lowest BCUT2D eigenvalue weighted by Gasteiger charge is -2.14. The Morgan fingerprint density at radius 3 is 2.48 bits per heavy atom. The van der Waals surface area contributed by atoms with Crippen LogP contribution < -0.4 is 24.3 Å². The zero-order valence-electron chi connectivity index (χ0n) is 16.8. The van der Waals surface area contributed by atoms with Crippen LogP contribution in [-0.2, 0) is 6.61 Å². The molecule has 0 radical (unpaired) electrons. The Kier molecular flexibility index (Phi) is 6.54. The summed E-state index contributed by atoms with van der Waals surface area (Å²) in [6, 6.07) is 21.9. The van der Waals surface area contributed by atoms with Gasteiger partial charge >= 0.3 is 0 Å². The van der Waals surface area contributed by atoms with Crippen molar-refractivity contribution in [3.8, 4) is 23.0 Å². The summed E-state index contributed by atoms with van der Waals surface area (Å²) in [6.07, 6.45) is -0.858. The van der Waals surface area contributed by atoms with Crippen molar-refractivity contribution in [2.75, 3.05) is 19.9 Å². The van der Waals surface area contributed by atoms with E-state index in [4.69, 9.17) is 18.9 Å². The van der Waals surface area contributed by atoms with E-state index in [1.54, 1.807) is 42.5 Å². The highest BCUT2D eigenvalue weighted by atomic mass is 16.7. The molecule has 0 saturated carbocycles. The van der Waals surface area contributed by atoms with Crippen LogP contribution in [0.3, 0.4) is 0 Å². The van der Waals surface area contributed by atoms with Crippen LogP contribution >= 0.6 is 0 Å². The molecule has 0 bridgehead atoms. The number of carbonyl (C=O) groups is 1. The second-order valence-electron chi connectivity index (χ2n) is 6.99. The summed E-state index contributed by atoms with van der Waals surface area (Å²) >= 11 is 0. The van der Waals surface area contributed by atoms with E-state index in [0.29, 0.717) is 35.2 Å². The summed E-state index contributed by atoms with van der Waals surface area (Å²) in [6.45, 7) is 0.747. The first-order chi connectivity index (χ1) is 15.2. The molecule has 1 aliphatic rings. The van der Waals surface area contributed by atoms with Crippen LogP contribution in [0, 0.1) is 0 Å². The first-order valence-electron chi connectivity index (χ1n) is 9.93. The third kappa shape index (κ3) is 5.67. The molecule has 7 heteroatoms. The van der Waals surface area contributed by atoms with E-state index in [2.05, 4.69) is 5.32 Å². The van der Waals surface area contributed by atoms with Gasteiger partial charge in [0.25, 0.3) is 5.91 Å². The van der Waals surface area contributed by atoms with Crippen molar-refractivity contribution >= 4 is 5.91 Å². The largest absolute Gasteiger partial charge is 0.491 e. The maximum atomic E-state index is 12.3. The average molecular weight is 421 g/mol. The molecule has 7 nitrogen and oxygen atoms in total. The molecular weight excluding hydrogens is 398 g/mol. The predicted octanol–water partition coefficient (Wildman–Crippen LogP) is 3.16. The lowest BCUT2D eigenvalue weighted by Crippen LogP contribution is -2.35. The molecule has 0 saturated heterocycles. The van der Waals surface area contributed by atoms with E-state index in [-0.39, 0.29) is 25.9 Å².